The van der Waals surface area contributed by atoms with E-state index in [1.54, 1.807) is 6.20 Å². The highest BCUT2D eigenvalue weighted by Gasteiger charge is 2.15. The Morgan fingerprint density at radius 1 is 1.07 bits per heavy atom. The lowest BCUT2D eigenvalue weighted by Crippen LogP contribution is -2.11. The normalized spacial score (nSPS) is 11.2. The van der Waals surface area contributed by atoms with E-state index in [1.165, 1.54) is 11.3 Å². The molecule has 0 spiro atoms. The second kappa shape index (κ2) is 6.58. The summed E-state index contributed by atoms with van der Waals surface area (Å²) in [6.45, 7) is 1.99. The molecule has 0 fully saturated rings. The molecule has 0 radical (unpaired) electrons. The van der Waals surface area contributed by atoms with Crippen LogP contribution in [0.4, 0.5) is 5.69 Å². The maximum Gasteiger partial charge on any atom is 0.266 e. The Hall–Kier alpha value is -3.51. The molecule has 0 aliphatic heterocycles. The van der Waals surface area contributed by atoms with Gasteiger partial charge in [0.15, 0.2) is 0 Å². The van der Waals surface area contributed by atoms with Gasteiger partial charge >= 0.3 is 0 Å². The summed E-state index contributed by atoms with van der Waals surface area (Å²) in [7, 11) is 0. The molecule has 6 heteroatoms. The molecule has 0 saturated heterocycles. The van der Waals surface area contributed by atoms with Crippen LogP contribution in [0.25, 0.3) is 27.1 Å². The lowest BCUT2D eigenvalue weighted by atomic mass is 10.1. The van der Waals surface area contributed by atoms with Crippen LogP contribution in [-0.2, 0) is 0 Å². The van der Waals surface area contributed by atoms with Crippen molar-refractivity contribution in [2.75, 3.05) is 5.32 Å². The zero-order valence-corrected chi connectivity index (χ0v) is 15.9. The molecule has 28 heavy (non-hydrogen) atoms. The molecular formula is C22H16N4OS. The van der Waals surface area contributed by atoms with Crippen LogP contribution in [0.5, 0.6) is 0 Å². The van der Waals surface area contributed by atoms with E-state index in [-0.39, 0.29) is 5.91 Å². The molecule has 2 aromatic carbocycles. The van der Waals surface area contributed by atoms with Crippen LogP contribution < -0.4 is 5.32 Å². The van der Waals surface area contributed by atoms with Crippen LogP contribution >= 0.6 is 11.3 Å². The first-order valence-electron chi connectivity index (χ1n) is 8.89. The first-order valence-corrected chi connectivity index (χ1v) is 9.70. The van der Waals surface area contributed by atoms with Gasteiger partial charge in [-0.25, -0.2) is 9.97 Å². The lowest BCUT2D eigenvalue weighted by molar-refractivity contribution is 0.103. The summed E-state index contributed by atoms with van der Waals surface area (Å²) in [6.07, 6.45) is 5.58. The first-order chi connectivity index (χ1) is 13.7. The Bertz CT molecular complexity index is 1280. The summed E-state index contributed by atoms with van der Waals surface area (Å²) in [4.78, 5) is 22.3. The van der Waals surface area contributed by atoms with Gasteiger partial charge in [-0.05, 0) is 42.1 Å². The number of anilines is 1. The fourth-order valence-electron chi connectivity index (χ4n) is 3.27. The molecule has 0 bridgehead atoms. The summed E-state index contributed by atoms with van der Waals surface area (Å²) >= 11 is 1.52. The Kier molecular flexibility index (Phi) is 3.91. The molecule has 0 aliphatic rings. The summed E-state index contributed by atoms with van der Waals surface area (Å²) in [5, 5.41) is 4.13. The third-order valence-electron chi connectivity index (χ3n) is 4.72. The highest BCUT2D eigenvalue weighted by molar-refractivity contribution is 7.21. The van der Waals surface area contributed by atoms with Crippen LogP contribution in [0.1, 0.15) is 15.2 Å². The molecule has 1 N–H and O–H groups in total. The number of aryl methyl sites for hydroxylation is 1. The van der Waals surface area contributed by atoms with Crippen molar-refractivity contribution in [3.05, 3.63) is 83.6 Å². The number of thiophene rings is 1. The first kappa shape index (κ1) is 16.6. The molecule has 5 nitrogen and oxygen atoms in total. The number of aromatic nitrogens is 3. The van der Waals surface area contributed by atoms with E-state index in [4.69, 9.17) is 0 Å². The molecule has 3 aromatic heterocycles. The number of rotatable bonds is 3. The van der Waals surface area contributed by atoms with Crippen LogP contribution in [-0.4, -0.2) is 20.3 Å². The highest BCUT2D eigenvalue weighted by atomic mass is 32.1. The predicted octanol–water partition coefficient (Wildman–Crippen LogP) is 5.17. The molecule has 0 unspecified atom stereocenters. The van der Waals surface area contributed by atoms with Gasteiger partial charge in [-0.15, -0.1) is 11.3 Å². The van der Waals surface area contributed by atoms with Crippen molar-refractivity contribution in [3.8, 4) is 11.3 Å². The number of hydrogen-bond donors (Lipinski definition) is 1. The minimum absolute atomic E-state index is 0.0802. The number of amides is 1. The number of fused-ring (bicyclic) bond motifs is 2. The Labute approximate surface area is 165 Å². The largest absolute Gasteiger partial charge is 0.321 e. The monoisotopic (exact) mass is 384 g/mol. The molecule has 0 aliphatic carbocycles. The molecule has 0 atom stereocenters. The zero-order chi connectivity index (χ0) is 19.1. The Balaban J connectivity index is 1.39. The van der Waals surface area contributed by atoms with Gasteiger partial charge in [0, 0.05) is 34.5 Å². The molecule has 136 valence electrons. The average Bonchev–Trinajstić information content (AvgIpc) is 3.30. The maximum absolute atomic E-state index is 12.8. The Morgan fingerprint density at radius 2 is 1.89 bits per heavy atom. The van der Waals surface area contributed by atoms with Gasteiger partial charge < -0.3 is 5.32 Å². The van der Waals surface area contributed by atoms with Gasteiger partial charge in [0.05, 0.1) is 10.6 Å². The predicted molar refractivity (Wildman–Crippen MR) is 113 cm³/mol. The minimum atomic E-state index is -0.0802. The summed E-state index contributed by atoms with van der Waals surface area (Å²) in [6, 6.07) is 17.7. The zero-order valence-electron chi connectivity index (χ0n) is 15.1. The van der Waals surface area contributed by atoms with Crippen LogP contribution in [0.15, 0.2) is 73.2 Å². The van der Waals surface area contributed by atoms with E-state index in [1.807, 2.05) is 72.2 Å². The van der Waals surface area contributed by atoms with Crippen molar-refractivity contribution in [1.29, 1.82) is 0 Å². The van der Waals surface area contributed by atoms with Crippen molar-refractivity contribution < 1.29 is 4.79 Å². The van der Waals surface area contributed by atoms with Gasteiger partial charge in [0.1, 0.15) is 0 Å². The van der Waals surface area contributed by atoms with Gasteiger partial charge in [0.2, 0.25) is 5.78 Å². The van der Waals surface area contributed by atoms with E-state index in [2.05, 4.69) is 21.4 Å². The molecule has 5 aromatic rings. The topological polar surface area (TPSA) is 59.3 Å². The fraction of sp³-hybridized carbons (Fsp3) is 0.0455. The summed E-state index contributed by atoms with van der Waals surface area (Å²) in [5.74, 6) is 0.582. The van der Waals surface area contributed by atoms with Gasteiger partial charge in [-0.1, -0.05) is 30.3 Å². The minimum Gasteiger partial charge on any atom is -0.321 e. The number of nitrogens with zero attached hydrogens (tertiary/aromatic N) is 3. The van der Waals surface area contributed by atoms with Crippen LogP contribution in [0, 0.1) is 6.92 Å². The number of nitrogens with one attached hydrogen (secondary N) is 1. The SMILES string of the molecule is Cc1c(C(=O)Nc2ccc(-c3cn4cccnc4n3)cc2)sc2ccccc12. The third-order valence-corrected chi connectivity index (χ3v) is 6.00. The molecule has 0 saturated carbocycles. The van der Waals surface area contributed by atoms with E-state index in [0.29, 0.717) is 5.78 Å². The molecule has 5 rings (SSSR count). The summed E-state index contributed by atoms with van der Waals surface area (Å²) < 4.78 is 3.01. The molecular weight excluding hydrogens is 368 g/mol. The standard InChI is InChI=1S/C22H16N4OS/c1-14-17-5-2-3-6-19(17)28-20(14)21(27)24-16-9-7-15(8-10-16)18-13-26-12-4-11-23-22(26)25-18/h2-13H,1H3,(H,24,27). The fourth-order valence-corrected chi connectivity index (χ4v) is 4.38. The maximum atomic E-state index is 12.8. The van der Waals surface area contributed by atoms with Gasteiger partial charge in [0.25, 0.3) is 5.91 Å². The van der Waals surface area contributed by atoms with Crippen molar-refractivity contribution in [3.63, 3.8) is 0 Å². The smallest absolute Gasteiger partial charge is 0.266 e. The van der Waals surface area contributed by atoms with E-state index in [9.17, 15) is 4.79 Å². The van der Waals surface area contributed by atoms with Crippen LogP contribution in [0.2, 0.25) is 0 Å². The number of imidazole rings is 1. The summed E-state index contributed by atoms with van der Waals surface area (Å²) in [5.41, 5.74) is 3.60. The highest BCUT2D eigenvalue weighted by Crippen LogP contribution is 2.31. The van der Waals surface area contributed by atoms with Crippen molar-refractivity contribution in [2.45, 2.75) is 6.92 Å². The average molecular weight is 384 g/mol. The van der Waals surface area contributed by atoms with E-state index < -0.39 is 0 Å². The van der Waals surface area contributed by atoms with Crippen molar-refractivity contribution in [2.24, 2.45) is 0 Å². The van der Waals surface area contributed by atoms with E-state index >= 15 is 0 Å². The van der Waals surface area contributed by atoms with Crippen molar-refractivity contribution >= 4 is 38.8 Å². The van der Waals surface area contributed by atoms with Crippen LogP contribution in [0.3, 0.4) is 0 Å². The second-order valence-electron chi connectivity index (χ2n) is 6.54. The molecule has 3 heterocycles. The number of carbonyl (C=O) groups is 1. The number of carbonyl (C=O) groups excluding carboxylic acids is 1. The molecule has 1 amide bonds. The number of hydrogen-bond acceptors (Lipinski definition) is 4. The number of benzene rings is 2. The lowest BCUT2D eigenvalue weighted by Gasteiger charge is -2.05. The quantitative estimate of drug-likeness (QED) is 0.467. The van der Waals surface area contributed by atoms with Crippen molar-refractivity contribution in [1.82, 2.24) is 14.4 Å². The van der Waals surface area contributed by atoms with Gasteiger partial charge in [-0.3, -0.25) is 9.20 Å². The Morgan fingerprint density at radius 3 is 2.68 bits per heavy atom. The van der Waals surface area contributed by atoms with E-state index in [0.717, 1.165) is 37.5 Å². The second-order valence-corrected chi connectivity index (χ2v) is 7.59. The third kappa shape index (κ3) is 2.84. The van der Waals surface area contributed by atoms with Gasteiger partial charge in [-0.2, -0.15) is 0 Å².